The van der Waals surface area contributed by atoms with E-state index < -0.39 is 5.60 Å². The Balaban J connectivity index is 1.70. The van der Waals surface area contributed by atoms with Crippen LogP contribution >= 0.6 is 11.8 Å². The summed E-state index contributed by atoms with van der Waals surface area (Å²) in [4.78, 5) is 12.4. The SMILES string of the molecule is CC1(CNC(=O)C2(O)CCSCC2)CCCc2ccccc21. The van der Waals surface area contributed by atoms with E-state index in [0.717, 1.165) is 30.8 Å². The highest BCUT2D eigenvalue weighted by Crippen LogP contribution is 2.37. The molecule has 2 aliphatic rings. The van der Waals surface area contributed by atoms with E-state index in [1.165, 1.54) is 11.1 Å². The third-order valence-corrected chi connectivity index (χ3v) is 6.21. The first-order valence-electron chi connectivity index (χ1n) is 8.20. The summed E-state index contributed by atoms with van der Waals surface area (Å²) in [5, 5.41) is 13.6. The Bertz CT molecular complexity index is 554. The van der Waals surface area contributed by atoms with E-state index in [-0.39, 0.29) is 11.3 Å². The zero-order valence-electron chi connectivity index (χ0n) is 13.2. The zero-order valence-corrected chi connectivity index (χ0v) is 14.0. The smallest absolute Gasteiger partial charge is 0.252 e. The third-order valence-electron chi connectivity index (χ3n) is 5.22. The van der Waals surface area contributed by atoms with Gasteiger partial charge in [0.05, 0.1) is 0 Å². The van der Waals surface area contributed by atoms with Crippen LogP contribution in [0.15, 0.2) is 24.3 Å². The maximum atomic E-state index is 12.4. The van der Waals surface area contributed by atoms with Crippen molar-refractivity contribution in [3.8, 4) is 0 Å². The van der Waals surface area contributed by atoms with E-state index in [2.05, 4.69) is 36.5 Å². The summed E-state index contributed by atoms with van der Waals surface area (Å²) >= 11 is 1.81. The second-order valence-corrected chi connectivity index (χ2v) is 8.12. The van der Waals surface area contributed by atoms with Gasteiger partial charge >= 0.3 is 0 Å². The summed E-state index contributed by atoms with van der Waals surface area (Å²) in [5.74, 6) is 1.55. The first-order valence-corrected chi connectivity index (χ1v) is 9.36. The summed E-state index contributed by atoms with van der Waals surface area (Å²) in [6, 6.07) is 8.55. The third kappa shape index (κ3) is 3.04. The summed E-state index contributed by atoms with van der Waals surface area (Å²) < 4.78 is 0. The first-order chi connectivity index (χ1) is 10.5. The lowest BCUT2D eigenvalue weighted by Crippen LogP contribution is -2.52. The monoisotopic (exact) mass is 319 g/mol. The van der Waals surface area contributed by atoms with Crippen molar-refractivity contribution in [1.29, 1.82) is 0 Å². The van der Waals surface area contributed by atoms with Gasteiger partial charge in [-0.1, -0.05) is 31.2 Å². The standard InChI is InChI=1S/C18H25NO2S/c1-17(8-4-6-14-5-2-3-7-15(14)17)13-19-16(20)18(21)9-11-22-12-10-18/h2-3,5,7,21H,4,6,8-13H2,1H3,(H,19,20). The molecule has 0 saturated carbocycles. The Morgan fingerprint density at radius 1 is 1.27 bits per heavy atom. The van der Waals surface area contributed by atoms with E-state index in [9.17, 15) is 9.90 Å². The topological polar surface area (TPSA) is 49.3 Å². The number of amides is 1. The van der Waals surface area contributed by atoms with Gasteiger partial charge in [0, 0.05) is 12.0 Å². The van der Waals surface area contributed by atoms with Crippen LogP contribution in [0.1, 0.15) is 43.7 Å². The number of fused-ring (bicyclic) bond motifs is 1. The molecule has 0 spiro atoms. The Hall–Kier alpha value is -1.00. The molecule has 0 bridgehead atoms. The largest absolute Gasteiger partial charge is 0.380 e. The molecule has 1 saturated heterocycles. The van der Waals surface area contributed by atoms with Crippen LogP contribution in [0.3, 0.4) is 0 Å². The van der Waals surface area contributed by atoms with Crippen molar-refractivity contribution in [3.63, 3.8) is 0 Å². The maximum Gasteiger partial charge on any atom is 0.252 e. The van der Waals surface area contributed by atoms with E-state index in [0.29, 0.717) is 19.4 Å². The quantitative estimate of drug-likeness (QED) is 0.900. The number of aliphatic hydroxyl groups is 1. The Morgan fingerprint density at radius 3 is 2.77 bits per heavy atom. The number of carbonyl (C=O) groups excluding carboxylic acids is 1. The van der Waals surface area contributed by atoms with Gasteiger partial charge in [-0.05, 0) is 54.7 Å². The van der Waals surface area contributed by atoms with Gasteiger partial charge in [-0.25, -0.2) is 0 Å². The second-order valence-electron chi connectivity index (χ2n) is 6.90. The van der Waals surface area contributed by atoms with Gasteiger partial charge in [-0.15, -0.1) is 0 Å². The molecule has 1 fully saturated rings. The molecule has 3 rings (SSSR count). The predicted octanol–water partition coefficient (Wildman–Crippen LogP) is 2.65. The Labute approximate surface area is 136 Å². The second kappa shape index (κ2) is 6.25. The minimum atomic E-state index is -1.16. The van der Waals surface area contributed by atoms with E-state index >= 15 is 0 Å². The minimum Gasteiger partial charge on any atom is -0.380 e. The molecule has 4 heteroatoms. The van der Waals surface area contributed by atoms with Crippen molar-refractivity contribution in [2.45, 2.75) is 50.0 Å². The molecule has 1 aliphatic heterocycles. The van der Waals surface area contributed by atoms with Crippen LogP contribution in [0.25, 0.3) is 0 Å². The molecule has 3 nitrogen and oxygen atoms in total. The minimum absolute atomic E-state index is 0.0235. The average molecular weight is 319 g/mol. The molecular formula is C18H25NO2S. The fraction of sp³-hybridized carbons (Fsp3) is 0.611. The Morgan fingerprint density at radius 2 is 2.00 bits per heavy atom. The van der Waals surface area contributed by atoms with Gasteiger partial charge in [-0.2, -0.15) is 11.8 Å². The van der Waals surface area contributed by atoms with Crippen LogP contribution in [0.2, 0.25) is 0 Å². The molecule has 1 atom stereocenters. The lowest BCUT2D eigenvalue weighted by atomic mass is 9.71. The van der Waals surface area contributed by atoms with Crippen LogP contribution < -0.4 is 5.32 Å². The van der Waals surface area contributed by atoms with Crippen LogP contribution in [0.5, 0.6) is 0 Å². The number of hydrogen-bond acceptors (Lipinski definition) is 3. The number of thioether (sulfide) groups is 1. The zero-order chi connectivity index (χ0) is 15.6. The molecule has 1 aromatic rings. The predicted molar refractivity (Wildman–Crippen MR) is 91.3 cm³/mol. The summed E-state index contributed by atoms with van der Waals surface area (Å²) in [7, 11) is 0. The number of aryl methyl sites for hydroxylation is 1. The van der Waals surface area contributed by atoms with Crippen molar-refractivity contribution in [1.82, 2.24) is 5.32 Å². The number of nitrogens with one attached hydrogen (secondary N) is 1. The van der Waals surface area contributed by atoms with Gasteiger partial charge < -0.3 is 10.4 Å². The number of carbonyl (C=O) groups is 1. The van der Waals surface area contributed by atoms with Gasteiger partial charge in [0.25, 0.3) is 5.91 Å². The highest BCUT2D eigenvalue weighted by Gasteiger charge is 2.39. The lowest BCUT2D eigenvalue weighted by molar-refractivity contribution is -0.140. The van der Waals surface area contributed by atoms with Crippen molar-refractivity contribution < 1.29 is 9.90 Å². The summed E-state index contributed by atoms with van der Waals surface area (Å²) in [5.41, 5.74) is 1.58. The lowest BCUT2D eigenvalue weighted by Gasteiger charge is -2.38. The van der Waals surface area contributed by atoms with E-state index in [4.69, 9.17) is 0 Å². The maximum absolute atomic E-state index is 12.4. The highest BCUT2D eigenvalue weighted by atomic mass is 32.2. The fourth-order valence-corrected chi connectivity index (χ4v) is 4.86. The molecule has 0 aromatic heterocycles. The van der Waals surface area contributed by atoms with E-state index in [1.807, 2.05) is 11.8 Å². The van der Waals surface area contributed by atoms with Crippen LogP contribution in [-0.2, 0) is 16.6 Å². The van der Waals surface area contributed by atoms with Crippen molar-refractivity contribution >= 4 is 17.7 Å². The van der Waals surface area contributed by atoms with Crippen LogP contribution in [-0.4, -0.2) is 34.7 Å². The Kier molecular flexibility index (Phi) is 4.51. The van der Waals surface area contributed by atoms with Crippen molar-refractivity contribution in [3.05, 3.63) is 35.4 Å². The molecule has 22 heavy (non-hydrogen) atoms. The number of benzene rings is 1. The van der Waals surface area contributed by atoms with Crippen molar-refractivity contribution in [2.75, 3.05) is 18.1 Å². The number of hydrogen-bond donors (Lipinski definition) is 2. The summed E-state index contributed by atoms with van der Waals surface area (Å²) in [6.07, 6.45) is 4.50. The fourth-order valence-electron chi connectivity index (χ4n) is 3.69. The molecule has 120 valence electrons. The molecule has 1 aromatic carbocycles. The van der Waals surface area contributed by atoms with Gasteiger partial charge in [-0.3, -0.25) is 4.79 Å². The summed E-state index contributed by atoms with van der Waals surface area (Å²) in [6.45, 7) is 2.84. The molecule has 0 radical (unpaired) electrons. The molecule has 2 N–H and O–H groups in total. The van der Waals surface area contributed by atoms with Crippen LogP contribution in [0.4, 0.5) is 0 Å². The van der Waals surface area contributed by atoms with Gasteiger partial charge in [0.1, 0.15) is 5.60 Å². The van der Waals surface area contributed by atoms with E-state index in [1.54, 1.807) is 0 Å². The van der Waals surface area contributed by atoms with Crippen LogP contribution in [0, 0.1) is 0 Å². The first kappa shape index (κ1) is 15.9. The normalized spacial score (nSPS) is 27.0. The molecule has 1 amide bonds. The molecule has 1 heterocycles. The van der Waals surface area contributed by atoms with Crippen molar-refractivity contribution in [2.24, 2.45) is 0 Å². The number of rotatable bonds is 3. The highest BCUT2D eigenvalue weighted by molar-refractivity contribution is 7.99. The molecule has 1 aliphatic carbocycles. The average Bonchev–Trinajstić information content (AvgIpc) is 2.54. The molecule has 1 unspecified atom stereocenters. The van der Waals surface area contributed by atoms with Gasteiger partial charge in [0.15, 0.2) is 0 Å². The van der Waals surface area contributed by atoms with Gasteiger partial charge in [0.2, 0.25) is 0 Å². The molecular weight excluding hydrogens is 294 g/mol.